The molecule has 0 aliphatic carbocycles. The largest absolute Gasteiger partial charge is 0.481 e. The number of carboxylic acids is 1. The predicted octanol–water partition coefficient (Wildman–Crippen LogP) is 2.71. The molecule has 1 N–H and O–H groups in total. The van der Waals surface area contributed by atoms with E-state index in [4.69, 9.17) is 32.7 Å². The number of aliphatic carboxylic acids is 1. The molecule has 1 aromatic rings. The number of carbonyl (C=O) groups is 2. The van der Waals surface area contributed by atoms with E-state index in [9.17, 15) is 14.7 Å². The number of likely N-dealkylation sites (tertiary alicyclic amines) is 1. The maximum absolute atomic E-state index is 12.7. The van der Waals surface area contributed by atoms with Gasteiger partial charge in [-0.15, -0.1) is 0 Å². The molecule has 0 bridgehead atoms. The van der Waals surface area contributed by atoms with Crippen LogP contribution in [-0.2, 0) is 14.3 Å². The van der Waals surface area contributed by atoms with Gasteiger partial charge in [0.2, 0.25) is 0 Å². The van der Waals surface area contributed by atoms with Crippen LogP contribution < -0.4 is 4.74 Å². The first-order valence-electron chi connectivity index (χ1n) is 8.05. The molecule has 0 aromatic heterocycles. The van der Waals surface area contributed by atoms with E-state index in [-0.39, 0.29) is 18.4 Å². The summed E-state index contributed by atoms with van der Waals surface area (Å²) in [5.74, 6) is -0.972. The van der Waals surface area contributed by atoms with Crippen molar-refractivity contribution in [3.05, 3.63) is 28.2 Å². The number of carbonyl (C=O) groups excluding carboxylic acids is 1. The second kappa shape index (κ2) is 7.02. The van der Waals surface area contributed by atoms with Crippen molar-refractivity contribution in [3.63, 3.8) is 0 Å². The number of benzene rings is 1. The summed E-state index contributed by atoms with van der Waals surface area (Å²) in [7, 11) is 0. The molecular formula is C17H19Cl2NO5. The lowest BCUT2D eigenvalue weighted by Crippen LogP contribution is -2.45. The van der Waals surface area contributed by atoms with Gasteiger partial charge >= 0.3 is 5.97 Å². The van der Waals surface area contributed by atoms with Gasteiger partial charge in [-0.25, -0.2) is 0 Å². The van der Waals surface area contributed by atoms with Crippen molar-refractivity contribution in [3.8, 4) is 5.75 Å². The first-order valence-corrected chi connectivity index (χ1v) is 8.81. The summed E-state index contributed by atoms with van der Waals surface area (Å²) in [5, 5.41) is 10.5. The number of amides is 1. The topological polar surface area (TPSA) is 76.1 Å². The van der Waals surface area contributed by atoms with Crippen LogP contribution in [0.2, 0.25) is 10.0 Å². The zero-order valence-corrected chi connectivity index (χ0v) is 15.2. The normalized spacial score (nSPS) is 26.8. The predicted molar refractivity (Wildman–Crippen MR) is 92.1 cm³/mol. The summed E-state index contributed by atoms with van der Waals surface area (Å²) in [6.45, 7) is 2.91. The molecule has 3 rings (SSSR count). The number of fused-ring (bicyclic) bond motifs is 1. The van der Waals surface area contributed by atoms with Crippen LogP contribution in [0.4, 0.5) is 0 Å². The maximum Gasteiger partial charge on any atom is 0.311 e. The Hall–Kier alpha value is -1.50. The molecule has 0 radical (unpaired) electrons. The van der Waals surface area contributed by atoms with Gasteiger partial charge in [0.1, 0.15) is 5.75 Å². The van der Waals surface area contributed by atoms with Crippen LogP contribution in [0.3, 0.4) is 0 Å². The average molecular weight is 388 g/mol. The first-order chi connectivity index (χ1) is 11.8. The summed E-state index contributed by atoms with van der Waals surface area (Å²) < 4.78 is 11.1. The fourth-order valence-electron chi connectivity index (χ4n) is 3.54. The Morgan fingerprint density at radius 3 is 2.84 bits per heavy atom. The minimum absolute atomic E-state index is 0.178. The van der Waals surface area contributed by atoms with Crippen molar-refractivity contribution in [2.24, 2.45) is 11.3 Å². The monoisotopic (exact) mass is 387 g/mol. The summed E-state index contributed by atoms with van der Waals surface area (Å²) in [4.78, 5) is 26.1. The van der Waals surface area contributed by atoms with Crippen molar-refractivity contribution < 1.29 is 24.2 Å². The maximum atomic E-state index is 12.7. The molecule has 2 aliphatic heterocycles. The fourth-order valence-corrected chi connectivity index (χ4v) is 3.99. The number of halogens is 2. The zero-order valence-electron chi connectivity index (χ0n) is 13.7. The number of rotatable bonds is 4. The molecule has 8 heteroatoms. The smallest absolute Gasteiger partial charge is 0.311 e. The Labute approximate surface area is 155 Å². The summed E-state index contributed by atoms with van der Waals surface area (Å²) >= 11 is 11.9. The third kappa shape index (κ3) is 3.43. The number of carboxylic acid groups (broad SMARTS) is 1. The first kappa shape index (κ1) is 18.3. The number of nitrogens with zero attached hydrogens (tertiary/aromatic N) is 1. The van der Waals surface area contributed by atoms with Gasteiger partial charge in [-0.3, -0.25) is 9.59 Å². The molecule has 0 saturated carbocycles. The van der Waals surface area contributed by atoms with E-state index in [1.165, 1.54) is 6.07 Å². The Morgan fingerprint density at radius 2 is 2.20 bits per heavy atom. The molecule has 2 aliphatic rings. The lowest BCUT2D eigenvalue weighted by molar-refractivity contribution is -0.157. The highest BCUT2D eigenvalue weighted by molar-refractivity contribution is 6.35. The molecule has 136 valence electrons. The van der Waals surface area contributed by atoms with Crippen LogP contribution in [0, 0.1) is 11.3 Å². The van der Waals surface area contributed by atoms with Crippen molar-refractivity contribution in [1.82, 2.24) is 4.90 Å². The van der Waals surface area contributed by atoms with Crippen molar-refractivity contribution >= 4 is 35.1 Å². The van der Waals surface area contributed by atoms with E-state index >= 15 is 0 Å². The lowest BCUT2D eigenvalue weighted by Gasteiger charge is -2.33. The molecule has 1 unspecified atom stereocenters. The summed E-state index contributed by atoms with van der Waals surface area (Å²) in [5.41, 5.74) is -0.925. The highest BCUT2D eigenvalue weighted by Gasteiger charge is 2.55. The second-order valence-electron chi connectivity index (χ2n) is 6.54. The van der Waals surface area contributed by atoms with Gasteiger partial charge in [0.05, 0.1) is 17.0 Å². The minimum Gasteiger partial charge on any atom is -0.481 e. The van der Waals surface area contributed by atoms with Gasteiger partial charge in [-0.1, -0.05) is 23.2 Å². The fraction of sp³-hybridized carbons (Fsp3) is 0.529. The highest BCUT2D eigenvalue weighted by Crippen LogP contribution is 2.42. The van der Waals surface area contributed by atoms with Crippen LogP contribution in [0.1, 0.15) is 13.3 Å². The third-order valence-corrected chi connectivity index (χ3v) is 5.52. The molecule has 1 aromatic carbocycles. The highest BCUT2D eigenvalue weighted by atomic mass is 35.5. The van der Waals surface area contributed by atoms with E-state index in [0.29, 0.717) is 42.0 Å². The lowest BCUT2D eigenvalue weighted by atomic mass is 9.74. The molecule has 2 fully saturated rings. The molecule has 2 heterocycles. The van der Waals surface area contributed by atoms with Gasteiger partial charge in [0.15, 0.2) is 6.10 Å². The van der Waals surface area contributed by atoms with Crippen molar-refractivity contribution in [2.75, 3.05) is 26.3 Å². The quantitative estimate of drug-likeness (QED) is 0.859. The summed E-state index contributed by atoms with van der Waals surface area (Å²) in [6.07, 6.45) is -0.375. The molecule has 6 nitrogen and oxygen atoms in total. The Morgan fingerprint density at radius 1 is 1.44 bits per heavy atom. The van der Waals surface area contributed by atoms with Gasteiger partial charge < -0.3 is 19.5 Å². The molecule has 0 spiro atoms. The Bertz CT molecular complexity index is 698. The Balaban J connectivity index is 1.71. The van der Waals surface area contributed by atoms with E-state index in [1.54, 1.807) is 24.0 Å². The second-order valence-corrected chi connectivity index (χ2v) is 7.38. The standard InChI is InChI=1S/C17H19Cl2NO5/c1-10(25-14-3-2-12(18)6-13(14)19)15(21)20-7-11-8-24-5-4-17(11,9-20)16(22)23/h2-3,6,10-11H,4-5,7-9H2,1H3,(H,22,23)/t10?,11-,17+/m0/s1. The van der Waals surface area contributed by atoms with Crippen molar-refractivity contribution in [2.45, 2.75) is 19.4 Å². The van der Waals surface area contributed by atoms with Crippen LogP contribution in [0.15, 0.2) is 18.2 Å². The van der Waals surface area contributed by atoms with Crippen LogP contribution in [0.25, 0.3) is 0 Å². The van der Waals surface area contributed by atoms with Gasteiger partial charge in [0, 0.05) is 30.6 Å². The third-order valence-electron chi connectivity index (χ3n) is 4.99. The molecule has 25 heavy (non-hydrogen) atoms. The van der Waals surface area contributed by atoms with Crippen LogP contribution >= 0.6 is 23.2 Å². The van der Waals surface area contributed by atoms with Gasteiger partial charge in [-0.2, -0.15) is 0 Å². The molecular weight excluding hydrogens is 369 g/mol. The van der Waals surface area contributed by atoms with E-state index in [1.807, 2.05) is 0 Å². The molecule has 1 amide bonds. The van der Waals surface area contributed by atoms with Crippen molar-refractivity contribution in [1.29, 1.82) is 0 Å². The van der Waals surface area contributed by atoms with E-state index in [2.05, 4.69) is 0 Å². The average Bonchev–Trinajstić information content (AvgIpc) is 2.97. The molecule has 3 atom stereocenters. The number of hydrogen-bond donors (Lipinski definition) is 1. The van der Waals surface area contributed by atoms with Gasteiger partial charge in [0.25, 0.3) is 5.91 Å². The van der Waals surface area contributed by atoms with Crippen LogP contribution in [-0.4, -0.2) is 54.3 Å². The zero-order chi connectivity index (χ0) is 18.2. The van der Waals surface area contributed by atoms with E-state index in [0.717, 1.165) is 0 Å². The minimum atomic E-state index is -0.925. The number of hydrogen-bond acceptors (Lipinski definition) is 4. The van der Waals surface area contributed by atoms with Crippen LogP contribution in [0.5, 0.6) is 5.75 Å². The Kier molecular flexibility index (Phi) is 5.14. The van der Waals surface area contributed by atoms with Gasteiger partial charge in [-0.05, 0) is 31.5 Å². The van der Waals surface area contributed by atoms with E-state index < -0.39 is 17.5 Å². The number of ether oxygens (including phenoxy) is 2. The molecule has 2 saturated heterocycles. The SMILES string of the molecule is CC(Oc1ccc(Cl)cc1Cl)C(=O)N1C[C@H]2COCC[C@@]2(C(=O)O)C1. The summed E-state index contributed by atoms with van der Waals surface area (Å²) in [6, 6.07) is 4.77.